The van der Waals surface area contributed by atoms with Gasteiger partial charge in [-0.05, 0) is 13.8 Å². The predicted octanol–water partition coefficient (Wildman–Crippen LogP) is 0.565. The molecule has 47 valence electrons. The van der Waals surface area contributed by atoms with E-state index in [0.717, 1.165) is 0 Å². The molecule has 3 heteroatoms. The lowest BCUT2D eigenvalue weighted by Crippen LogP contribution is -2.29. The average molecular weight is 116 g/mol. The van der Waals surface area contributed by atoms with Gasteiger partial charge in [0, 0.05) is 6.04 Å². The molecule has 0 aromatic rings. The fourth-order valence-electron chi connectivity index (χ4n) is 0.260. The number of amides is 1. The fourth-order valence-corrected chi connectivity index (χ4v) is 0.260. The zero-order valence-electron chi connectivity index (χ0n) is 5.10. The minimum Gasteiger partial charge on any atom is -0.453 e. The van der Waals surface area contributed by atoms with Crippen LogP contribution < -0.4 is 5.32 Å². The van der Waals surface area contributed by atoms with Crippen LogP contribution in [0.25, 0.3) is 0 Å². The zero-order valence-corrected chi connectivity index (χ0v) is 5.10. The highest BCUT2D eigenvalue weighted by Gasteiger charge is 1.98. The van der Waals surface area contributed by atoms with Crippen molar-refractivity contribution >= 4 is 6.09 Å². The lowest BCUT2D eigenvalue weighted by Gasteiger charge is -2.04. The van der Waals surface area contributed by atoms with Gasteiger partial charge in [-0.3, -0.25) is 0 Å². The summed E-state index contributed by atoms with van der Waals surface area (Å²) in [5.41, 5.74) is 0. The third kappa shape index (κ3) is 3.46. The van der Waals surface area contributed by atoms with Crippen LogP contribution in [0.15, 0.2) is 0 Å². The van der Waals surface area contributed by atoms with Gasteiger partial charge in [-0.2, -0.15) is 0 Å². The molecule has 1 N–H and O–H groups in total. The summed E-state index contributed by atoms with van der Waals surface area (Å²) < 4.78 is 4.27. The third-order valence-corrected chi connectivity index (χ3v) is 0.550. The van der Waals surface area contributed by atoms with E-state index >= 15 is 0 Å². The SMILES string of the molecule is [CH2]C(C)NC(=O)OC. The molecule has 0 aromatic carbocycles. The Labute approximate surface area is 49.0 Å². The molecule has 0 heterocycles. The monoisotopic (exact) mass is 116 g/mol. The van der Waals surface area contributed by atoms with Crippen molar-refractivity contribution in [2.24, 2.45) is 0 Å². The molecule has 0 aliphatic carbocycles. The molecular formula is C5H10NO2. The number of alkyl carbamates (subject to hydrolysis) is 1. The van der Waals surface area contributed by atoms with Gasteiger partial charge < -0.3 is 10.1 Å². The van der Waals surface area contributed by atoms with Gasteiger partial charge in [0.15, 0.2) is 0 Å². The minimum atomic E-state index is -0.438. The second-order valence-corrected chi connectivity index (χ2v) is 1.54. The molecule has 0 rings (SSSR count). The molecule has 0 saturated heterocycles. The molecule has 0 saturated carbocycles. The number of hydrogen-bond acceptors (Lipinski definition) is 2. The Hall–Kier alpha value is -0.730. The summed E-state index contributed by atoms with van der Waals surface area (Å²) in [6.45, 7) is 5.28. The highest BCUT2D eigenvalue weighted by atomic mass is 16.5. The van der Waals surface area contributed by atoms with Gasteiger partial charge in [0.25, 0.3) is 0 Å². The van der Waals surface area contributed by atoms with Crippen molar-refractivity contribution in [2.45, 2.75) is 13.0 Å². The van der Waals surface area contributed by atoms with Crippen molar-refractivity contribution in [1.29, 1.82) is 0 Å². The lowest BCUT2D eigenvalue weighted by molar-refractivity contribution is 0.169. The second-order valence-electron chi connectivity index (χ2n) is 1.54. The van der Waals surface area contributed by atoms with Crippen molar-refractivity contribution in [3.8, 4) is 0 Å². The van der Waals surface area contributed by atoms with Crippen LogP contribution in [-0.4, -0.2) is 19.2 Å². The Morgan fingerprint density at radius 2 is 2.38 bits per heavy atom. The molecule has 0 aromatic heterocycles. The van der Waals surface area contributed by atoms with Crippen LogP contribution in [0.3, 0.4) is 0 Å². The quantitative estimate of drug-likeness (QED) is 0.543. The smallest absolute Gasteiger partial charge is 0.407 e. The number of nitrogens with one attached hydrogen (secondary N) is 1. The molecular weight excluding hydrogens is 106 g/mol. The summed E-state index contributed by atoms with van der Waals surface area (Å²) in [6, 6.07) is -0.0950. The number of carbonyl (C=O) groups excluding carboxylic acids is 1. The second kappa shape index (κ2) is 3.29. The topological polar surface area (TPSA) is 38.3 Å². The number of methoxy groups -OCH3 is 1. The first-order chi connectivity index (χ1) is 3.66. The van der Waals surface area contributed by atoms with E-state index in [-0.39, 0.29) is 6.04 Å². The molecule has 8 heavy (non-hydrogen) atoms. The van der Waals surface area contributed by atoms with Gasteiger partial charge in [-0.15, -0.1) is 0 Å². The number of rotatable bonds is 1. The molecule has 1 radical (unpaired) electrons. The summed E-state index contributed by atoms with van der Waals surface area (Å²) in [5, 5.41) is 2.42. The maximum Gasteiger partial charge on any atom is 0.407 e. The Bertz CT molecular complexity index is 80.5. The molecule has 0 aliphatic rings. The summed E-state index contributed by atoms with van der Waals surface area (Å²) in [7, 11) is 1.32. The first-order valence-electron chi connectivity index (χ1n) is 2.34. The van der Waals surface area contributed by atoms with Gasteiger partial charge in [-0.25, -0.2) is 4.79 Å². The maximum absolute atomic E-state index is 10.2. The Balaban J connectivity index is 3.25. The molecule has 1 unspecified atom stereocenters. The largest absolute Gasteiger partial charge is 0.453 e. The number of carbonyl (C=O) groups is 1. The van der Waals surface area contributed by atoms with E-state index < -0.39 is 6.09 Å². The van der Waals surface area contributed by atoms with Gasteiger partial charge in [0.2, 0.25) is 0 Å². The average Bonchev–Trinajstić information content (AvgIpc) is 1.65. The standard InChI is InChI=1S/C5H10NO2/c1-4(2)6-5(7)8-3/h4H,1H2,2-3H3,(H,6,7). The van der Waals surface area contributed by atoms with Gasteiger partial charge in [-0.1, -0.05) is 0 Å². The third-order valence-electron chi connectivity index (χ3n) is 0.550. The van der Waals surface area contributed by atoms with Crippen molar-refractivity contribution in [2.75, 3.05) is 7.11 Å². The maximum atomic E-state index is 10.2. The highest BCUT2D eigenvalue weighted by molar-refractivity contribution is 5.67. The van der Waals surface area contributed by atoms with Crippen LogP contribution in [0.4, 0.5) is 4.79 Å². The highest BCUT2D eigenvalue weighted by Crippen LogP contribution is 1.76. The van der Waals surface area contributed by atoms with Crippen LogP contribution in [-0.2, 0) is 4.74 Å². The van der Waals surface area contributed by atoms with Gasteiger partial charge in [0.05, 0.1) is 7.11 Å². The molecule has 0 spiro atoms. The molecule has 1 amide bonds. The van der Waals surface area contributed by atoms with Crippen molar-refractivity contribution in [3.63, 3.8) is 0 Å². The molecule has 3 nitrogen and oxygen atoms in total. The Kier molecular flexibility index (Phi) is 2.99. The van der Waals surface area contributed by atoms with Gasteiger partial charge in [0.1, 0.15) is 0 Å². The molecule has 0 aliphatic heterocycles. The van der Waals surface area contributed by atoms with Crippen molar-refractivity contribution in [3.05, 3.63) is 6.92 Å². The first kappa shape index (κ1) is 7.27. The van der Waals surface area contributed by atoms with Crippen molar-refractivity contribution in [1.82, 2.24) is 5.32 Å². The molecule has 0 fully saturated rings. The van der Waals surface area contributed by atoms with E-state index in [1.54, 1.807) is 6.92 Å². The predicted molar refractivity (Wildman–Crippen MR) is 30.4 cm³/mol. The van der Waals surface area contributed by atoms with E-state index in [2.05, 4.69) is 17.0 Å². The number of hydrogen-bond donors (Lipinski definition) is 1. The number of ether oxygens (including phenoxy) is 1. The van der Waals surface area contributed by atoms with E-state index in [4.69, 9.17) is 0 Å². The zero-order chi connectivity index (χ0) is 6.57. The van der Waals surface area contributed by atoms with E-state index in [1.807, 2.05) is 0 Å². The van der Waals surface area contributed by atoms with E-state index in [1.165, 1.54) is 7.11 Å². The normalized spacial score (nSPS) is 9.00. The van der Waals surface area contributed by atoms with Crippen LogP contribution in [0.1, 0.15) is 6.92 Å². The molecule has 0 bridgehead atoms. The van der Waals surface area contributed by atoms with E-state index in [9.17, 15) is 4.79 Å². The van der Waals surface area contributed by atoms with E-state index in [0.29, 0.717) is 0 Å². The summed E-state index contributed by atoms with van der Waals surface area (Å²) in [5.74, 6) is 0. The van der Waals surface area contributed by atoms with Gasteiger partial charge >= 0.3 is 6.09 Å². The van der Waals surface area contributed by atoms with Crippen LogP contribution >= 0.6 is 0 Å². The lowest BCUT2D eigenvalue weighted by atomic mass is 10.4. The van der Waals surface area contributed by atoms with Crippen LogP contribution in [0.5, 0.6) is 0 Å². The van der Waals surface area contributed by atoms with Crippen LogP contribution in [0, 0.1) is 6.92 Å². The summed E-state index contributed by atoms with van der Waals surface area (Å²) >= 11 is 0. The fraction of sp³-hybridized carbons (Fsp3) is 0.600. The first-order valence-corrected chi connectivity index (χ1v) is 2.34. The van der Waals surface area contributed by atoms with Crippen molar-refractivity contribution < 1.29 is 9.53 Å². The molecule has 1 atom stereocenters. The Morgan fingerprint density at radius 3 is 2.50 bits per heavy atom. The minimum absolute atomic E-state index is 0.0950. The summed E-state index contributed by atoms with van der Waals surface area (Å²) in [6.07, 6.45) is -0.438. The van der Waals surface area contributed by atoms with Crippen LogP contribution in [0.2, 0.25) is 0 Å². The Morgan fingerprint density at radius 1 is 1.88 bits per heavy atom. The summed E-state index contributed by atoms with van der Waals surface area (Å²) in [4.78, 5) is 10.2.